The molecule has 14 heavy (non-hydrogen) atoms. The zero-order chi connectivity index (χ0) is 9.97. The Morgan fingerprint density at radius 3 is 2.57 bits per heavy atom. The molecule has 1 N–H and O–H groups in total. The van der Waals surface area contributed by atoms with Gasteiger partial charge in [-0.3, -0.25) is 0 Å². The second-order valence-electron chi connectivity index (χ2n) is 3.89. The lowest BCUT2D eigenvalue weighted by atomic mass is 9.96. The van der Waals surface area contributed by atoms with Crippen LogP contribution in [0.15, 0.2) is 18.2 Å². The first kappa shape index (κ1) is 9.69. The second-order valence-corrected chi connectivity index (χ2v) is 3.89. The minimum atomic E-state index is 0.380. The van der Waals surface area contributed by atoms with E-state index in [1.54, 1.807) is 0 Å². The fraction of sp³-hybridized carbons (Fsp3) is 0.500. The fourth-order valence-electron chi connectivity index (χ4n) is 2.13. The van der Waals surface area contributed by atoms with Crippen LogP contribution in [-0.2, 0) is 4.74 Å². The van der Waals surface area contributed by atoms with Gasteiger partial charge in [0.05, 0.1) is 19.3 Å². The van der Waals surface area contributed by atoms with E-state index in [1.165, 1.54) is 16.7 Å². The number of hydrogen-bond donors (Lipinski definition) is 1. The number of aryl methyl sites for hydroxylation is 2. The van der Waals surface area contributed by atoms with E-state index >= 15 is 0 Å². The molecule has 0 unspecified atom stereocenters. The van der Waals surface area contributed by atoms with Gasteiger partial charge in [0.15, 0.2) is 0 Å². The van der Waals surface area contributed by atoms with Crippen molar-refractivity contribution in [2.45, 2.75) is 19.9 Å². The van der Waals surface area contributed by atoms with Gasteiger partial charge in [-0.1, -0.05) is 18.2 Å². The quantitative estimate of drug-likeness (QED) is 0.732. The summed E-state index contributed by atoms with van der Waals surface area (Å²) < 4.78 is 5.48. The summed E-state index contributed by atoms with van der Waals surface area (Å²) in [5, 5.41) is 3.49. The molecule has 1 heterocycles. The minimum absolute atomic E-state index is 0.380. The van der Waals surface area contributed by atoms with Crippen LogP contribution in [0.3, 0.4) is 0 Å². The van der Waals surface area contributed by atoms with Gasteiger partial charge in [-0.25, -0.2) is 0 Å². The maximum Gasteiger partial charge on any atom is 0.0662 e. The lowest BCUT2D eigenvalue weighted by Gasteiger charge is -2.26. The zero-order valence-corrected chi connectivity index (χ0v) is 8.84. The molecule has 0 radical (unpaired) electrons. The third-order valence-electron chi connectivity index (χ3n) is 2.81. The van der Waals surface area contributed by atoms with E-state index in [4.69, 9.17) is 4.74 Å². The van der Waals surface area contributed by atoms with E-state index in [-0.39, 0.29) is 0 Å². The average molecular weight is 191 g/mol. The number of benzene rings is 1. The molecule has 1 fully saturated rings. The monoisotopic (exact) mass is 191 g/mol. The molecule has 1 aromatic carbocycles. The first-order valence-electron chi connectivity index (χ1n) is 5.16. The predicted octanol–water partition coefficient (Wildman–Crippen LogP) is 1.96. The number of hydrogen-bond acceptors (Lipinski definition) is 2. The summed E-state index contributed by atoms with van der Waals surface area (Å²) in [7, 11) is 0. The van der Waals surface area contributed by atoms with Crippen LogP contribution in [0.5, 0.6) is 0 Å². The Morgan fingerprint density at radius 2 is 2.00 bits per heavy atom. The van der Waals surface area contributed by atoms with Crippen molar-refractivity contribution >= 4 is 0 Å². The first-order chi connectivity index (χ1) is 6.79. The molecule has 1 atom stereocenters. The predicted molar refractivity (Wildman–Crippen MR) is 57.5 cm³/mol. The van der Waals surface area contributed by atoms with E-state index in [2.05, 4.69) is 37.4 Å². The Bertz CT molecular complexity index is 296. The van der Waals surface area contributed by atoms with E-state index < -0.39 is 0 Å². The molecule has 0 aromatic heterocycles. The summed E-state index contributed by atoms with van der Waals surface area (Å²) in [6.07, 6.45) is 0. The Morgan fingerprint density at radius 1 is 1.29 bits per heavy atom. The highest BCUT2D eigenvalue weighted by atomic mass is 16.5. The van der Waals surface area contributed by atoms with Crippen molar-refractivity contribution < 1.29 is 4.74 Å². The van der Waals surface area contributed by atoms with Crippen molar-refractivity contribution in [2.75, 3.05) is 19.8 Å². The zero-order valence-electron chi connectivity index (χ0n) is 8.84. The third kappa shape index (κ3) is 1.81. The number of nitrogens with one attached hydrogen (secondary N) is 1. The molecule has 0 saturated carbocycles. The van der Waals surface area contributed by atoms with Gasteiger partial charge in [0.2, 0.25) is 0 Å². The molecule has 1 aliphatic heterocycles. The van der Waals surface area contributed by atoms with Crippen LogP contribution in [0.4, 0.5) is 0 Å². The van der Waals surface area contributed by atoms with Crippen LogP contribution < -0.4 is 5.32 Å². The summed E-state index contributed by atoms with van der Waals surface area (Å²) in [5.74, 6) is 0. The van der Waals surface area contributed by atoms with Crippen molar-refractivity contribution in [2.24, 2.45) is 0 Å². The van der Waals surface area contributed by atoms with Crippen molar-refractivity contribution in [3.8, 4) is 0 Å². The Kier molecular flexibility index (Phi) is 2.85. The van der Waals surface area contributed by atoms with Gasteiger partial charge >= 0.3 is 0 Å². The second kappa shape index (κ2) is 4.11. The molecular formula is C12H17NO. The number of rotatable bonds is 1. The van der Waals surface area contributed by atoms with Crippen molar-refractivity contribution in [3.05, 3.63) is 34.9 Å². The summed E-state index contributed by atoms with van der Waals surface area (Å²) >= 11 is 0. The lowest BCUT2D eigenvalue weighted by molar-refractivity contribution is 0.0765. The lowest BCUT2D eigenvalue weighted by Crippen LogP contribution is -2.35. The highest BCUT2D eigenvalue weighted by Crippen LogP contribution is 2.23. The normalized spacial score (nSPS) is 22.3. The minimum Gasteiger partial charge on any atom is -0.378 e. The van der Waals surface area contributed by atoms with Gasteiger partial charge in [0, 0.05) is 6.54 Å². The van der Waals surface area contributed by atoms with Crippen molar-refractivity contribution in [1.82, 2.24) is 5.32 Å². The Hall–Kier alpha value is -0.860. The fourth-order valence-corrected chi connectivity index (χ4v) is 2.13. The maximum absolute atomic E-state index is 5.48. The van der Waals surface area contributed by atoms with Gasteiger partial charge in [0.25, 0.3) is 0 Å². The summed E-state index contributed by atoms with van der Waals surface area (Å²) in [4.78, 5) is 0. The van der Waals surface area contributed by atoms with Gasteiger partial charge in [0.1, 0.15) is 0 Å². The van der Waals surface area contributed by atoms with Crippen LogP contribution in [-0.4, -0.2) is 19.8 Å². The van der Waals surface area contributed by atoms with Crippen LogP contribution in [0.1, 0.15) is 22.7 Å². The van der Waals surface area contributed by atoms with E-state index in [9.17, 15) is 0 Å². The first-order valence-corrected chi connectivity index (χ1v) is 5.16. The van der Waals surface area contributed by atoms with Gasteiger partial charge < -0.3 is 10.1 Å². The molecule has 0 amide bonds. The number of ether oxygens (including phenoxy) is 1. The molecule has 1 saturated heterocycles. The summed E-state index contributed by atoms with van der Waals surface area (Å²) in [6, 6.07) is 6.82. The van der Waals surface area contributed by atoms with Crippen molar-refractivity contribution in [1.29, 1.82) is 0 Å². The largest absolute Gasteiger partial charge is 0.378 e. The summed E-state index contributed by atoms with van der Waals surface area (Å²) in [6.45, 7) is 6.92. The molecule has 0 bridgehead atoms. The highest BCUT2D eigenvalue weighted by Gasteiger charge is 2.18. The smallest absolute Gasteiger partial charge is 0.0662 e. The molecule has 1 aromatic rings. The van der Waals surface area contributed by atoms with Gasteiger partial charge in [-0.2, -0.15) is 0 Å². The molecule has 0 aliphatic carbocycles. The average Bonchev–Trinajstić information content (AvgIpc) is 2.19. The molecule has 2 nitrogen and oxygen atoms in total. The molecular weight excluding hydrogens is 174 g/mol. The number of morpholine rings is 1. The van der Waals surface area contributed by atoms with Crippen LogP contribution in [0.2, 0.25) is 0 Å². The highest BCUT2D eigenvalue weighted by molar-refractivity contribution is 5.36. The van der Waals surface area contributed by atoms with Crippen LogP contribution >= 0.6 is 0 Å². The molecule has 76 valence electrons. The third-order valence-corrected chi connectivity index (χ3v) is 2.81. The Balaban J connectivity index is 2.29. The van der Waals surface area contributed by atoms with Gasteiger partial charge in [-0.15, -0.1) is 0 Å². The van der Waals surface area contributed by atoms with Gasteiger partial charge in [-0.05, 0) is 30.5 Å². The van der Waals surface area contributed by atoms with E-state index in [1.807, 2.05) is 0 Å². The molecule has 0 spiro atoms. The molecule has 2 heteroatoms. The molecule has 2 rings (SSSR count). The topological polar surface area (TPSA) is 21.3 Å². The van der Waals surface area contributed by atoms with E-state index in [0.29, 0.717) is 6.04 Å². The van der Waals surface area contributed by atoms with E-state index in [0.717, 1.165) is 19.8 Å². The van der Waals surface area contributed by atoms with Crippen molar-refractivity contribution in [3.63, 3.8) is 0 Å². The van der Waals surface area contributed by atoms with Crippen LogP contribution in [0.25, 0.3) is 0 Å². The molecule has 1 aliphatic rings. The standard InChI is InChI=1S/C12H17NO/c1-9-4-3-5-10(2)12(9)11-8-14-7-6-13-11/h3-5,11,13H,6-8H2,1-2H3/t11-/m0/s1. The van der Waals surface area contributed by atoms with Crippen LogP contribution in [0, 0.1) is 13.8 Å². The maximum atomic E-state index is 5.48. The Labute approximate surface area is 85.3 Å². The SMILES string of the molecule is Cc1cccc(C)c1[C@@H]1COCCN1. The summed E-state index contributed by atoms with van der Waals surface area (Å²) in [5.41, 5.74) is 4.12.